The summed E-state index contributed by atoms with van der Waals surface area (Å²) in [7, 11) is 1.74. The summed E-state index contributed by atoms with van der Waals surface area (Å²) < 4.78 is 10.6. The standard InChI is InChI=1S/C21H31N3O2/c1-21(2,12-15-25-3)17-24-20(22-13-11-19-10-7-14-26-19)23-16-18-8-5-4-6-9-18/h4-10,14H,11-13,15-17H2,1-3H3,(H2,22,23,24). The smallest absolute Gasteiger partial charge is 0.191 e. The van der Waals surface area contributed by atoms with Crippen molar-refractivity contribution in [2.24, 2.45) is 10.4 Å². The molecular formula is C21H31N3O2. The van der Waals surface area contributed by atoms with Crippen molar-refractivity contribution in [1.29, 1.82) is 0 Å². The van der Waals surface area contributed by atoms with Crippen molar-refractivity contribution in [1.82, 2.24) is 10.6 Å². The Balaban J connectivity index is 1.90. The number of benzene rings is 1. The van der Waals surface area contributed by atoms with E-state index < -0.39 is 0 Å². The van der Waals surface area contributed by atoms with Gasteiger partial charge in [-0.25, -0.2) is 4.99 Å². The Morgan fingerprint density at radius 1 is 1.12 bits per heavy atom. The number of hydrogen-bond acceptors (Lipinski definition) is 3. The minimum atomic E-state index is 0.131. The monoisotopic (exact) mass is 357 g/mol. The van der Waals surface area contributed by atoms with E-state index in [1.54, 1.807) is 13.4 Å². The quantitative estimate of drug-likeness (QED) is 0.504. The van der Waals surface area contributed by atoms with Gasteiger partial charge < -0.3 is 19.8 Å². The first-order valence-electron chi connectivity index (χ1n) is 9.16. The topological polar surface area (TPSA) is 58.8 Å². The third-order valence-electron chi connectivity index (χ3n) is 4.22. The predicted molar refractivity (Wildman–Crippen MR) is 106 cm³/mol. The second-order valence-corrected chi connectivity index (χ2v) is 7.17. The SMILES string of the molecule is COCCC(C)(C)CNC(=NCc1ccccc1)NCCc1ccco1. The van der Waals surface area contributed by atoms with Gasteiger partial charge in [-0.1, -0.05) is 44.2 Å². The lowest BCUT2D eigenvalue weighted by molar-refractivity contribution is 0.153. The lowest BCUT2D eigenvalue weighted by atomic mass is 9.90. The molecule has 0 atom stereocenters. The molecule has 1 heterocycles. The molecular weight excluding hydrogens is 326 g/mol. The van der Waals surface area contributed by atoms with Crippen LogP contribution in [-0.4, -0.2) is 32.8 Å². The molecule has 0 saturated heterocycles. The summed E-state index contributed by atoms with van der Waals surface area (Å²) in [5, 5.41) is 6.88. The maximum atomic E-state index is 5.39. The van der Waals surface area contributed by atoms with Crippen molar-refractivity contribution in [3.63, 3.8) is 0 Å². The summed E-state index contributed by atoms with van der Waals surface area (Å²) in [5.74, 6) is 1.80. The van der Waals surface area contributed by atoms with Crippen LogP contribution in [0.1, 0.15) is 31.6 Å². The van der Waals surface area contributed by atoms with E-state index in [0.717, 1.165) is 44.3 Å². The van der Waals surface area contributed by atoms with Gasteiger partial charge in [0.1, 0.15) is 5.76 Å². The highest BCUT2D eigenvalue weighted by Gasteiger charge is 2.18. The lowest BCUT2D eigenvalue weighted by Gasteiger charge is -2.26. The molecule has 1 aromatic carbocycles. The van der Waals surface area contributed by atoms with E-state index in [2.05, 4.69) is 36.6 Å². The first-order chi connectivity index (χ1) is 12.6. The summed E-state index contributed by atoms with van der Waals surface area (Å²) in [5.41, 5.74) is 1.32. The molecule has 0 saturated carbocycles. The van der Waals surface area contributed by atoms with Gasteiger partial charge in [0, 0.05) is 33.2 Å². The number of furan rings is 1. The fourth-order valence-corrected chi connectivity index (χ4v) is 2.48. The average molecular weight is 357 g/mol. The van der Waals surface area contributed by atoms with Crippen molar-refractivity contribution >= 4 is 5.96 Å². The molecule has 0 aliphatic carbocycles. The van der Waals surface area contributed by atoms with Gasteiger partial charge in [-0.2, -0.15) is 0 Å². The van der Waals surface area contributed by atoms with Crippen LogP contribution >= 0.6 is 0 Å². The summed E-state index contributed by atoms with van der Waals surface area (Å²) in [6, 6.07) is 14.2. The van der Waals surface area contributed by atoms with Crippen LogP contribution in [0.2, 0.25) is 0 Å². The fourth-order valence-electron chi connectivity index (χ4n) is 2.48. The number of nitrogens with one attached hydrogen (secondary N) is 2. The van der Waals surface area contributed by atoms with Crippen LogP contribution in [0.3, 0.4) is 0 Å². The van der Waals surface area contributed by atoms with Crippen LogP contribution in [0, 0.1) is 5.41 Å². The molecule has 1 aromatic heterocycles. The van der Waals surface area contributed by atoms with Crippen LogP contribution in [0.4, 0.5) is 0 Å². The Kier molecular flexibility index (Phi) is 8.22. The molecule has 0 aliphatic heterocycles. The van der Waals surface area contributed by atoms with Gasteiger partial charge in [0.2, 0.25) is 0 Å². The van der Waals surface area contributed by atoms with E-state index in [-0.39, 0.29) is 5.41 Å². The third-order valence-corrected chi connectivity index (χ3v) is 4.22. The first kappa shape index (κ1) is 20.0. The van der Waals surface area contributed by atoms with Gasteiger partial charge in [0.15, 0.2) is 5.96 Å². The van der Waals surface area contributed by atoms with Crippen LogP contribution in [0.25, 0.3) is 0 Å². The molecule has 0 fully saturated rings. The highest BCUT2D eigenvalue weighted by molar-refractivity contribution is 5.79. The van der Waals surface area contributed by atoms with Gasteiger partial charge in [-0.05, 0) is 29.5 Å². The number of ether oxygens (including phenoxy) is 1. The molecule has 2 rings (SSSR count). The average Bonchev–Trinajstić information content (AvgIpc) is 3.16. The van der Waals surface area contributed by atoms with Crippen molar-refractivity contribution in [2.75, 3.05) is 26.8 Å². The zero-order valence-electron chi connectivity index (χ0n) is 16.1. The van der Waals surface area contributed by atoms with E-state index in [9.17, 15) is 0 Å². The molecule has 0 bridgehead atoms. The molecule has 0 spiro atoms. The number of hydrogen-bond donors (Lipinski definition) is 2. The minimum absolute atomic E-state index is 0.131. The van der Waals surface area contributed by atoms with Crippen molar-refractivity contribution in [3.05, 3.63) is 60.1 Å². The number of rotatable bonds is 10. The van der Waals surface area contributed by atoms with Crippen LogP contribution < -0.4 is 10.6 Å². The Morgan fingerprint density at radius 3 is 2.62 bits per heavy atom. The van der Waals surface area contributed by atoms with Gasteiger partial charge in [0.25, 0.3) is 0 Å². The second kappa shape index (κ2) is 10.7. The Morgan fingerprint density at radius 2 is 1.92 bits per heavy atom. The Labute approximate surface area is 156 Å². The Bertz CT molecular complexity index is 637. The second-order valence-electron chi connectivity index (χ2n) is 7.17. The molecule has 142 valence electrons. The number of guanidine groups is 1. The van der Waals surface area contributed by atoms with Gasteiger partial charge in [-0.15, -0.1) is 0 Å². The number of aliphatic imine (C=N–C) groups is 1. The highest BCUT2D eigenvalue weighted by Crippen LogP contribution is 2.18. The number of nitrogens with zero attached hydrogens (tertiary/aromatic N) is 1. The van der Waals surface area contributed by atoms with Crippen LogP contribution in [-0.2, 0) is 17.7 Å². The summed E-state index contributed by atoms with van der Waals surface area (Å²) in [6.45, 7) is 7.48. The highest BCUT2D eigenvalue weighted by atomic mass is 16.5. The zero-order chi connectivity index (χ0) is 18.7. The van der Waals surface area contributed by atoms with Gasteiger partial charge >= 0.3 is 0 Å². The molecule has 2 aromatic rings. The molecule has 2 N–H and O–H groups in total. The molecule has 26 heavy (non-hydrogen) atoms. The van der Waals surface area contributed by atoms with E-state index in [1.807, 2.05) is 30.3 Å². The summed E-state index contributed by atoms with van der Waals surface area (Å²) >= 11 is 0. The summed E-state index contributed by atoms with van der Waals surface area (Å²) in [6.07, 6.45) is 3.53. The largest absolute Gasteiger partial charge is 0.469 e. The maximum absolute atomic E-state index is 5.39. The van der Waals surface area contributed by atoms with E-state index in [0.29, 0.717) is 6.54 Å². The maximum Gasteiger partial charge on any atom is 0.191 e. The van der Waals surface area contributed by atoms with Crippen LogP contribution in [0.5, 0.6) is 0 Å². The van der Waals surface area contributed by atoms with Gasteiger partial charge in [0.05, 0.1) is 12.8 Å². The lowest BCUT2D eigenvalue weighted by Crippen LogP contribution is -2.43. The fraction of sp³-hybridized carbons (Fsp3) is 0.476. The first-order valence-corrected chi connectivity index (χ1v) is 9.16. The van der Waals surface area contributed by atoms with Crippen molar-refractivity contribution in [2.45, 2.75) is 33.2 Å². The third kappa shape index (κ3) is 7.74. The molecule has 5 nitrogen and oxygen atoms in total. The van der Waals surface area contributed by atoms with E-state index in [1.165, 1.54) is 5.56 Å². The number of methoxy groups -OCH3 is 1. The molecule has 0 unspecified atom stereocenters. The molecule has 0 aliphatic rings. The normalized spacial score (nSPS) is 12.2. The zero-order valence-corrected chi connectivity index (χ0v) is 16.1. The molecule has 5 heteroatoms. The summed E-state index contributed by atoms with van der Waals surface area (Å²) in [4.78, 5) is 4.73. The van der Waals surface area contributed by atoms with Crippen LogP contribution in [0.15, 0.2) is 58.1 Å². The van der Waals surface area contributed by atoms with Gasteiger partial charge in [-0.3, -0.25) is 0 Å². The molecule has 0 radical (unpaired) electrons. The predicted octanol–water partition coefficient (Wildman–Crippen LogP) is 3.62. The Hall–Kier alpha value is -2.27. The van der Waals surface area contributed by atoms with E-state index >= 15 is 0 Å². The van der Waals surface area contributed by atoms with E-state index in [4.69, 9.17) is 14.1 Å². The van der Waals surface area contributed by atoms with Crippen molar-refractivity contribution < 1.29 is 9.15 Å². The molecule has 0 amide bonds. The minimum Gasteiger partial charge on any atom is -0.469 e. The van der Waals surface area contributed by atoms with Crippen molar-refractivity contribution in [3.8, 4) is 0 Å².